The molecule has 1 unspecified atom stereocenters. The van der Waals surface area contributed by atoms with Gasteiger partial charge in [0.25, 0.3) is 0 Å². The van der Waals surface area contributed by atoms with Crippen LogP contribution in [0.2, 0.25) is 0 Å². The Labute approximate surface area is 167 Å². The molecule has 3 aromatic rings. The van der Waals surface area contributed by atoms with Crippen LogP contribution in [0.15, 0.2) is 109 Å². The summed E-state index contributed by atoms with van der Waals surface area (Å²) < 4.78 is 0. The summed E-state index contributed by atoms with van der Waals surface area (Å²) in [6, 6.07) is 29.7. The molecular weight excluding hydrogens is 340 g/mol. The number of allylic oxidation sites excluding steroid dienone is 3. The maximum absolute atomic E-state index is 6.50. The molecule has 0 amide bonds. The van der Waals surface area contributed by atoms with Crippen molar-refractivity contribution in [2.75, 3.05) is 5.01 Å². The molecule has 0 fully saturated rings. The Bertz CT molecular complexity index is 958. The lowest BCUT2D eigenvalue weighted by molar-refractivity contribution is 0.643. The largest absolute Gasteiger partial charge is 0.280 e. The average Bonchev–Trinajstić information content (AvgIpc) is 2.75. The van der Waals surface area contributed by atoms with E-state index in [-0.39, 0.29) is 0 Å². The number of rotatable bonds is 6. The van der Waals surface area contributed by atoms with Crippen LogP contribution >= 0.6 is 0 Å². The predicted molar refractivity (Wildman–Crippen MR) is 118 cm³/mol. The molecule has 1 aliphatic carbocycles. The van der Waals surface area contributed by atoms with Gasteiger partial charge in [-0.05, 0) is 60.1 Å². The van der Waals surface area contributed by atoms with Crippen molar-refractivity contribution >= 4 is 5.69 Å². The third-order valence-corrected chi connectivity index (χ3v) is 5.19. The highest BCUT2D eigenvalue weighted by atomic mass is 15.4. The van der Waals surface area contributed by atoms with E-state index < -0.39 is 0 Å². The topological polar surface area (TPSA) is 29.3 Å². The van der Waals surface area contributed by atoms with Crippen molar-refractivity contribution in [3.8, 4) is 0 Å². The first kappa shape index (κ1) is 18.3. The smallest absolute Gasteiger partial charge is 0.0577 e. The zero-order valence-corrected chi connectivity index (χ0v) is 16.0. The first-order valence-electron chi connectivity index (χ1n) is 9.88. The first-order valence-corrected chi connectivity index (χ1v) is 9.88. The normalized spacial score (nSPS) is 15.9. The van der Waals surface area contributed by atoms with Gasteiger partial charge < -0.3 is 0 Å². The average molecular weight is 367 g/mol. The predicted octanol–water partition coefficient (Wildman–Crippen LogP) is 5.66. The molecule has 0 aliphatic heterocycles. The second-order valence-electron chi connectivity index (χ2n) is 7.38. The standard InChI is InChI=1S/C26H26N2/c27-28(25-15-7-13-23(19-25)17-21-9-3-1-4-10-21)26-16-8-14-24(20-26)18-22-11-5-2-6-12-22/h1-13,15-16,19-20,24H,14,17-18,27H2. The molecule has 0 aromatic heterocycles. The fraction of sp³-hybridized carbons (Fsp3) is 0.154. The summed E-state index contributed by atoms with van der Waals surface area (Å²) in [6.45, 7) is 0. The Hall–Kier alpha value is -3.10. The van der Waals surface area contributed by atoms with Crippen LogP contribution in [-0.2, 0) is 12.8 Å². The Morgan fingerprint density at radius 1 is 0.786 bits per heavy atom. The van der Waals surface area contributed by atoms with E-state index in [0.29, 0.717) is 5.92 Å². The summed E-state index contributed by atoms with van der Waals surface area (Å²) in [6.07, 6.45) is 9.67. The molecule has 1 aliphatic rings. The summed E-state index contributed by atoms with van der Waals surface area (Å²) in [5, 5.41) is 1.81. The minimum Gasteiger partial charge on any atom is -0.280 e. The fourth-order valence-electron chi connectivity index (χ4n) is 3.75. The van der Waals surface area contributed by atoms with Crippen molar-refractivity contribution in [2.24, 2.45) is 11.8 Å². The van der Waals surface area contributed by atoms with Crippen LogP contribution in [0.5, 0.6) is 0 Å². The molecule has 0 bridgehead atoms. The number of hydrazine groups is 1. The Morgan fingerprint density at radius 3 is 2.21 bits per heavy atom. The third kappa shape index (κ3) is 4.59. The summed E-state index contributed by atoms with van der Waals surface area (Å²) in [5.74, 6) is 6.97. The van der Waals surface area contributed by atoms with Crippen LogP contribution in [0.4, 0.5) is 5.69 Å². The van der Waals surface area contributed by atoms with Crippen molar-refractivity contribution < 1.29 is 0 Å². The van der Waals surface area contributed by atoms with Crippen molar-refractivity contribution in [1.82, 2.24) is 0 Å². The summed E-state index contributed by atoms with van der Waals surface area (Å²) in [4.78, 5) is 0. The highest BCUT2D eigenvalue weighted by Crippen LogP contribution is 2.26. The number of nitrogens with two attached hydrogens (primary N) is 1. The summed E-state index contributed by atoms with van der Waals surface area (Å²) in [7, 11) is 0. The summed E-state index contributed by atoms with van der Waals surface area (Å²) >= 11 is 0. The molecule has 4 rings (SSSR count). The van der Waals surface area contributed by atoms with E-state index in [9.17, 15) is 0 Å². The Balaban J connectivity index is 1.49. The molecule has 0 saturated heterocycles. The van der Waals surface area contributed by atoms with Gasteiger partial charge in [0.05, 0.1) is 11.4 Å². The van der Waals surface area contributed by atoms with Crippen LogP contribution in [0.3, 0.4) is 0 Å². The molecule has 2 heteroatoms. The van der Waals surface area contributed by atoms with E-state index in [1.54, 1.807) is 0 Å². The van der Waals surface area contributed by atoms with Crippen molar-refractivity contribution in [3.63, 3.8) is 0 Å². The fourth-order valence-corrected chi connectivity index (χ4v) is 3.75. The lowest BCUT2D eigenvalue weighted by Gasteiger charge is -2.25. The maximum Gasteiger partial charge on any atom is 0.0577 e. The van der Waals surface area contributed by atoms with Gasteiger partial charge in [-0.25, -0.2) is 5.84 Å². The highest BCUT2D eigenvalue weighted by molar-refractivity contribution is 5.55. The van der Waals surface area contributed by atoms with Crippen LogP contribution in [-0.4, -0.2) is 0 Å². The van der Waals surface area contributed by atoms with Crippen LogP contribution in [0, 0.1) is 5.92 Å². The number of anilines is 1. The van der Waals surface area contributed by atoms with Crippen LogP contribution < -0.4 is 10.9 Å². The van der Waals surface area contributed by atoms with Crippen LogP contribution in [0.25, 0.3) is 0 Å². The summed E-state index contributed by atoms with van der Waals surface area (Å²) in [5.41, 5.74) is 6.02. The number of benzene rings is 3. The van der Waals surface area contributed by atoms with Crippen molar-refractivity contribution in [2.45, 2.75) is 19.3 Å². The van der Waals surface area contributed by atoms with Gasteiger partial charge in [-0.3, -0.25) is 5.01 Å². The molecule has 0 saturated carbocycles. The van der Waals surface area contributed by atoms with Crippen molar-refractivity contribution in [1.29, 1.82) is 0 Å². The second kappa shape index (κ2) is 8.73. The molecule has 0 heterocycles. The molecule has 28 heavy (non-hydrogen) atoms. The van der Waals surface area contributed by atoms with E-state index in [1.165, 1.54) is 16.7 Å². The molecule has 3 aromatic carbocycles. The van der Waals surface area contributed by atoms with E-state index in [0.717, 1.165) is 30.6 Å². The lowest BCUT2D eigenvalue weighted by Crippen LogP contribution is -2.30. The van der Waals surface area contributed by atoms with Gasteiger partial charge >= 0.3 is 0 Å². The van der Waals surface area contributed by atoms with E-state index >= 15 is 0 Å². The quantitative estimate of drug-likeness (QED) is 0.450. The van der Waals surface area contributed by atoms with Gasteiger partial charge in [0.2, 0.25) is 0 Å². The van der Waals surface area contributed by atoms with Crippen molar-refractivity contribution in [3.05, 3.63) is 126 Å². The lowest BCUT2D eigenvalue weighted by atomic mass is 9.92. The Morgan fingerprint density at radius 2 is 1.46 bits per heavy atom. The molecule has 140 valence electrons. The molecule has 1 atom stereocenters. The van der Waals surface area contributed by atoms with Gasteiger partial charge in [0.1, 0.15) is 0 Å². The minimum atomic E-state index is 0.473. The van der Waals surface area contributed by atoms with Crippen LogP contribution in [0.1, 0.15) is 23.1 Å². The molecule has 2 N–H and O–H groups in total. The molecule has 0 spiro atoms. The molecular formula is C26H26N2. The van der Waals surface area contributed by atoms with Gasteiger partial charge in [0, 0.05) is 0 Å². The van der Waals surface area contributed by atoms with E-state index in [4.69, 9.17) is 5.84 Å². The zero-order valence-electron chi connectivity index (χ0n) is 16.0. The van der Waals surface area contributed by atoms with Gasteiger partial charge in [-0.15, -0.1) is 0 Å². The number of nitrogens with zero attached hydrogens (tertiary/aromatic N) is 1. The monoisotopic (exact) mass is 366 g/mol. The van der Waals surface area contributed by atoms with Gasteiger partial charge in [-0.1, -0.05) is 84.9 Å². The molecule has 2 nitrogen and oxygen atoms in total. The second-order valence-corrected chi connectivity index (χ2v) is 7.38. The number of hydrogen-bond acceptors (Lipinski definition) is 2. The van der Waals surface area contributed by atoms with Gasteiger partial charge in [-0.2, -0.15) is 0 Å². The van der Waals surface area contributed by atoms with Gasteiger partial charge in [0.15, 0.2) is 0 Å². The van der Waals surface area contributed by atoms with E-state index in [1.807, 2.05) is 5.01 Å². The minimum absolute atomic E-state index is 0.473. The maximum atomic E-state index is 6.50. The molecule has 0 radical (unpaired) electrons. The zero-order chi connectivity index (χ0) is 19.2. The SMILES string of the molecule is NN(C1=CC(Cc2ccccc2)CC=C1)c1cccc(Cc2ccccc2)c1. The number of hydrogen-bond donors (Lipinski definition) is 1. The first-order chi connectivity index (χ1) is 13.8. The highest BCUT2D eigenvalue weighted by Gasteiger charge is 2.14. The Kier molecular flexibility index (Phi) is 5.69. The van der Waals surface area contributed by atoms with E-state index in [2.05, 4.69) is 103 Å². The third-order valence-electron chi connectivity index (χ3n) is 5.19.